The van der Waals surface area contributed by atoms with Crippen molar-refractivity contribution in [2.24, 2.45) is 5.41 Å². The highest BCUT2D eigenvalue weighted by Crippen LogP contribution is 2.45. The predicted octanol–water partition coefficient (Wildman–Crippen LogP) is 6.80. The fraction of sp³-hybridized carbons (Fsp3) is 0.625. The minimum Gasteiger partial charge on any atom is -0.464 e. The molecule has 0 saturated heterocycles. The standard InChI is InChI=1S/C24H36O3S/c1-9-11-18-20(17-12-14-24(7,8)15-13-17)19(16(3)28-18)21(22(25)26-10-2)27-23(4,5)6/h9,12,21H,1,10-11,13-15H2,2-8H3. The van der Waals surface area contributed by atoms with Crippen LogP contribution >= 0.6 is 11.3 Å². The summed E-state index contributed by atoms with van der Waals surface area (Å²) in [6, 6.07) is 0. The summed E-state index contributed by atoms with van der Waals surface area (Å²) in [6.45, 7) is 18.8. The molecule has 1 atom stereocenters. The third-order valence-corrected chi connectivity index (χ3v) is 6.20. The van der Waals surface area contributed by atoms with Gasteiger partial charge >= 0.3 is 5.97 Å². The van der Waals surface area contributed by atoms with Crippen molar-refractivity contribution in [3.63, 3.8) is 0 Å². The molecule has 3 nitrogen and oxygen atoms in total. The first-order chi connectivity index (χ1) is 13.0. The molecule has 1 aromatic heterocycles. The monoisotopic (exact) mass is 404 g/mol. The Morgan fingerprint density at radius 2 is 2.07 bits per heavy atom. The molecule has 0 spiro atoms. The summed E-state index contributed by atoms with van der Waals surface area (Å²) in [5.74, 6) is -0.304. The molecule has 0 amide bonds. The molecule has 0 radical (unpaired) electrons. The minimum absolute atomic E-state index is 0.304. The van der Waals surface area contributed by atoms with Gasteiger partial charge in [-0.2, -0.15) is 0 Å². The number of rotatable bonds is 7. The van der Waals surface area contributed by atoms with Crippen LogP contribution in [-0.2, 0) is 20.7 Å². The van der Waals surface area contributed by atoms with Gasteiger partial charge in [0.25, 0.3) is 0 Å². The molecule has 2 rings (SSSR count). The summed E-state index contributed by atoms with van der Waals surface area (Å²) in [5, 5.41) is 0. The molecule has 1 aliphatic carbocycles. The van der Waals surface area contributed by atoms with Crippen LogP contribution in [-0.4, -0.2) is 18.2 Å². The van der Waals surface area contributed by atoms with Crippen LogP contribution in [0, 0.1) is 12.3 Å². The Bertz CT molecular complexity index is 747. The first kappa shape index (κ1) is 22.9. The Kier molecular flexibility index (Phi) is 7.33. The SMILES string of the molecule is C=CCc1sc(C)c(C(OC(C)(C)C)C(=O)OCC)c1C1=CCC(C)(C)CC1. The fourth-order valence-corrected chi connectivity index (χ4v) is 4.89. The summed E-state index contributed by atoms with van der Waals surface area (Å²) < 4.78 is 11.7. The summed E-state index contributed by atoms with van der Waals surface area (Å²) in [6.07, 6.45) is 7.61. The second-order valence-electron chi connectivity index (χ2n) is 9.32. The largest absolute Gasteiger partial charge is 0.464 e. The first-order valence-electron chi connectivity index (χ1n) is 10.3. The molecule has 0 fully saturated rings. The van der Waals surface area contributed by atoms with Gasteiger partial charge in [0.15, 0.2) is 6.10 Å². The highest BCUT2D eigenvalue weighted by atomic mass is 32.1. The topological polar surface area (TPSA) is 35.5 Å². The van der Waals surface area contributed by atoms with E-state index in [1.807, 2.05) is 33.8 Å². The molecular weight excluding hydrogens is 368 g/mol. The molecule has 156 valence electrons. The zero-order chi connectivity index (χ0) is 21.1. The van der Waals surface area contributed by atoms with Crippen LogP contribution in [0.5, 0.6) is 0 Å². The van der Waals surface area contributed by atoms with Crippen molar-refractivity contribution in [3.8, 4) is 0 Å². The van der Waals surface area contributed by atoms with E-state index < -0.39 is 11.7 Å². The second-order valence-corrected chi connectivity index (χ2v) is 10.6. The van der Waals surface area contributed by atoms with Crippen LogP contribution in [0.25, 0.3) is 5.57 Å². The average molecular weight is 405 g/mol. The Balaban J connectivity index is 2.61. The maximum absolute atomic E-state index is 12.9. The summed E-state index contributed by atoms with van der Waals surface area (Å²) in [4.78, 5) is 15.3. The number of esters is 1. The average Bonchev–Trinajstić information content (AvgIpc) is 2.88. The molecule has 0 aromatic carbocycles. The maximum Gasteiger partial charge on any atom is 0.340 e. The Hall–Kier alpha value is -1.39. The van der Waals surface area contributed by atoms with Gasteiger partial charge in [-0.25, -0.2) is 4.79 Å². The number of carbonyl (C=O) groups is 1. The number of hydrogen-bond acceptors (Lipinski definition) is 4. The van der Waals surface area contributed by atoms with Gasteiger partial charge < -0.3 is 9.47 Å². The zero-order valence-electron chi connectivity index (χ0n) is 18.6. The van der Waals surface area contributed by atoms with Gasteiger partial charge in [-0.15, -0.1) is 17.9 Å². The number of hydrogen-bond donors (Lipinski definition) is 0. The van der Waals surface area contributed by atoms with Crippen LogP contribution in [0.15, 0.2) is 18.7 Å². The fourth-order valence-electron chi connectivity index (χ4n) is 3.66. The predicted molar refractivity (Wildman–Crippen MR) is 119 cm³/mol. The van der Waals surface area contributed by atoms with Gasteiger partial charge in [-0.05, 0) is 70.4 Å². The summed E-state index contributed by atoms with van der Waals surface area (Å²) in [7, 11) is 0. The van der Waals surface area contributed by atoms with E-state index in [2.05, 4.69) is 33.4 Å². The Morgan fingerprint density at radius 1 is 1.39 bits per heavy atom. The van der Waals surface area contributed by atoms with E-state index in [0.29, 0.717) is 12.0 Å². The van der Waals surface area contributed by atoms with Crippen LogP contribution in [0.4, 0.5) is 0 Å². The van der Waals surface area contributed by atoms with Gasteiger partial charge in [0.2, 0.25) is 0 Å². The van der Waals surface area contributed by atoms with E-state index in [1.54, 1.807) is 11.3 Å². The van der Waals surface area contributed by atoms with Crippen LogP contribution in [0.3, 0.4) is 0 Å². The molecule has 1 heterocycles. The highest BCUT2D eigenvalue weighted by molar-refractivity contribution is 7.12. The van der Waals surface area contributed by atoms with Gasteiger partial charge in [-0.3, -0.25) is 0 Å². The maximum atomic E-state index is 12.9. The van der Waals surface area contributed by atoms with E-state index >= 15 is 0 Å². The van der Waals surface area contributed by atoms with Crippen molar-refractivity contribution >= 4 is 22.9 Å². The smallest absolute Gasteiger partial charge is 0.340 e. The van der Waals surface area contributed by atoms with Gasteiger partial charge in [0.05, 0.1) is 12.2 Å². The van der Waals surface area contributed by atoms with Crippen LogP contribution in [0.2, 0.25) is 0 Å². The van der Waals surface area contributed by atoms with E-state index in [4.69, 9.17) is 9.47 Å². The van der Waals surface area contributed by atoms with Crippen molar-refractivity contribution in [3.05, 3.63) is 39.6 Å². The van der Waals surface area contributed by atoms with Gasteiger partial charge in [0.1, 0.15) is 0 Å². The number of carbonyl (C=O) groups excluding carboxylic acids is 1. The molecule has 1 aliphatic rings. The Labute approximate surface area is 174 Å². The Morgan fingerprint density at radius 3 is 2.57 bits per heavy atom. The normalized spacial score (nSPS) is 17.8. The summed E-state index contributed by atoms with van der Waals surface area (Å²) >= 11 is 1.75. The molecule has 28 heavy (non-hydrogen) atoms. The molecule has 0 N–H and O–H groups in total. The number of ether oxygens (including phenoxy) is 2. The molecule has 4 heteroatoms. The lowest BCUT2D eigenvalue weighted by atomic mass is 9.76. The number of allylic oxidation sites excluding steroid dienone is 3. The molecule has 0 saturated carbocycles. The number of thiophene rings is 1. The lowest BCUT2D eigenvalue weighted by Crippen LogP contribution is -2.29. The van der Waals surface area contributed by atoms with Crippen molar-refractivity contribution in [2.75, 3.05) is 6.61 Å². The van der Waals surface area contributed by atoms with Crippen molar-refractivity contribution < 1.29 is 14.3 Å². The van der Waals surface area contributed by atoms with Gasteiger partial charge in [-0.1, -0.05) is 26.0 Å². The number of aryl methyl sites for hydroxylation is 1. The lowest BCUT2D eigenvalue weighted by molar-refractivity contribution is -0.166. The highest BCUT2D eigenvalue weighted by Gasteiger charge is 2.35. The molecule has 1 unspecified atom stereocenters. The zero-order valence-corrected chi connectivity index (χ0v) is 19.4. The van der Waals surface area contributed by atoms with E-state index in [1.165, 1.54) is 16.0 Å². The van der Waals surface area contributed by atoms with Crippen molar-refractivity contribution in [1.29, 1.82) is 0 Å². The molecule has 0 bridgehead atoms. The van der Waals surface area contributed by atoms with E-state index in [9.17, 15) is 4.79 Å². The first-order valence-corrected chi connectivity index (χ1v) is 11.1. The van der Waals surface area contributed by atoms with Crippen molar-refractivity contribution in [1.82, 2.24) is 0 Å². The molecular formula is C24H36O3S. The molecule has 1 aromatic rings. The molecule has 0 aliphatic heterocycles. The van der Waals surface area contributed by atoms with Crippen LogP contribution < -0.4 is 0 Å². The van der Waals surface area contributed by atoms with E-state index in [-0.39, 0.29) is 5.97 Å². The lowest BCUT2D eigenvalue weighted by Gasteiger charge is -2.31. The third-order valence-electron chi connectivity index (χ3n) is 5.06. The van der Waals surface area contributed by atoms with E-state index in [0.717, 1.165) is 36.1 Å². The van der Waals surface area contributed by atoms with Gasteiger partial charge in [0, 0.05) is 21.7 Å². The summed E-state index contributed by atoms with van der Waals surface area (Å²) in [5.41, 5.74) is 3.39. The second kappa shape index (κ2) is 8.96. The van der Waals surface area contributed by atoms with Crippen molar-refractivity contribution in [2.45, 2.75) is 85.9 Å². The quantitative estimate of drug-likeness (QED) is 0.370. The minimum atomic E-state index is -0.708. The van der Waals surface area contributed by atoms with Crippen LogP contribution in [0.1, 0.15) is 87.8 Å². The third kappa shape index (κ3) is 5.57.